The van der Waals surface area contributed by atoms with Crippen LogP contribution in [-0.2, 0) is 12.8 Å². The molecule has 0 spiro atoms. The molecule has 1 unspecified atom stereocenters. The zero-order chi connectivity index (χ0) is 14.8. The maximum absolute atomic E-state index is 13.0. The molecule has 1 aromatic carbocycles. The van der Waals surface area contributed by atoms with E-state index in [1.165, 1.54) is 42.7 Å². The van der Waals surface area contributed by atoms with Crippen molar-refractivity contribution in [3.8, 4) is 0 Å². The van der Waals surface area contributed by atoms with E-state index in [4.69, 9.17) is 0 Å². The summed E-state index contributed by atoms with van der Waals surface area (Å²) >= 11 is 1.96. The number of thiophene rings is 1. The minimum Gasteiger partial charge on any atom is -0.303 e. The lowest BCUT2D eigenvalue weighted by atomic mass is 9.99. The summed E-state index contributed by atoms with van der Waals surface area (Å²) in [6.45, 7) is 4.36. The first kappa shape index (κ1) is 14.7. The Morgan fingerprint density at radius 2 is 1.76 bits per heavy atom. The van der Waals surface area contributed by atoms with Crippen molar-refractivity contribution in [3.05, 3.63) is 57.0 Å². The Hall–Kier alpha value is -1.19. The van der Waals surface area contributed by atoms with Gasteiger partial charge in [-0.15, -0.1) is 11.3 Å². The standard InChI is InChI=1S/C18H22FNS/c1-12(14-7-9-16(19)10-8-14)20-13(2)18-11-15-5-3-4-6-17(15)21-18/h7-13,20H,3-6H2,1-2H3/t12-,13?/m0/s1. The van der Waals surface area contributed by atoms with Crippen LogP contribution in [0.4, 0.5) is 4.39 Å². The van der Waals surface area contributed by atoms with Gasteiger partial charge in [-0.3, -0.25) is 0 Å². The van der Waals surface area contributed by atoms with Crippen molar-refractivity contribution in [3.63, 3.8) is 0 Å². The maximum atomic E-state index is 13.0. The molecule has 1 heterocycles. The van der Waals surface area contributed by atoms with E-state index in [9.17, 15) is 4.39 Å². The second kappa shape index (κ2) is 6.29. The lowest BCUT2D eigenvalue weighted by Gasteiger charge is -2.19. The Kier molecular flexibility index (Phi) is 4.41. The van der Waals surface area contributed by atoms with Crippen LogP contribution in [0.5, 0.6) is 0 Å². The molecule has 3 heteroatoms. The largest absolute Gasteiger partial charge is 0.303 e. The predicted molar refractivity (Wildman–Crippen MR) is 87.3 cm³/mol. The summed E-state index contributed by atoms with van der Waals surface area (Å²) in [7, 11) is 0. The average molecular weight is 303 g/mol. The highest BCUT2D eigenvalue weighted by Gasteiger charge is 2.18. The average Bonchev–Trinajstić information content (AvgIpc) is 2.92. The molecule has 0 fully saturated rings. The molecule has 1 aliphatic rings. The van der Waals surface area contributed by atoms with Gasteiger partial charge in [-0.1, -0.05) is 12.1 Å². The first-order chi connectivity index (χ1) is 10.1. The van der Waals surface area contributed by atoms with Crippen LogP contribution in [0, 0.1) is 5.82 Å². The van der Waals surface area contributed by atoms with E-state index in [1.54, 1.807) is 10.4 Å². The predicted octanol–water partition coefficient (Wildman–Crippen LogP) is 5.18. The molecule has 1 nitrogen and oxygen atoms in total. The zero-order valence-electron chi connectivity index (χ0n) is 12.7. The van der Waals surface area contributed by atoms with Crippen LogP contribution in [-0.4, -0.2) is 0 Å². The van der Waals surface area contributed by atoms with Crippen molar-refractivity contribution in [1.82, 2.24) is 5.32 Å². The summed E-state index contributed by atoms with van der Waals surface area (Å²) in [6.07, 6.45) is 5.16. The van der Waals surface area contributed by atoms with E-state index in [2.05, 4.69) is 25.2 Å². The van der Waals surface area contributed by atoms with Crippen molar-refractivity contribution in [2.24, 2.45) is 0 Å². The van der Waals surface area contributed by atoms with E-state index in [1.807, 2.05) is 23.5 Å². The second-order valence-electron chi connectivity index (χ2n) is 5.97. The molecule has 21 heavy (non-hydrogen) atoms. The lowest BCUT2D eigenvalue weighted by Crippen LogP contribution is -2.21. The van der Waals surface area contributed by atoms with Crippen LogP contribution in [0.15, 0.2) is 30.3 Å². The molecule has 0 bridgehead atoms. The van der Waals surface area contributed by atoms with Gasteiger partial charge in [0.05, 0.1) is 0 Å². The van der Waals surface area contributed by atoms with E-state index in [0.717, 1.165) is 5.56 Å². The molecule has 112 valence electrons. The van der Waals surface area contributed by atoms with Gasteiger partial charge in [0.25, 0.3) is 0 Å². The monoisotopic (exact) mass is 303 g/mol. The summed E-state index contributed by atoms with van der Waals surface area (Å²) in [4.78, 5) is 3.01. The van der Waals surface area contributed by atoms with E-state index >= 15 is 0 Å². The minimum absolute atomic E-state index is 0.176. The first-order valence-corrected chi connectivity index (χ1v) is 8.58. The number of fused-ring (bicyclic) bond motifs is 1. The third-order valence-electron chi connectivity index (χ3n) is 4.31. The van der Waals surface area contributed by atoms with Crippen molar-refractivity contribution in [1.29, 1.82) is 0 Å². The van der Waals surface area contributed by atoms with Crippen LogP contribution >= 0.6 is 11.3 Å². The van der Waals surface area contributed by atoms with Gasteiger partial charge in [-0.05, 0) is 68.9 Å². The van der Waals surface area contributed by atoms with E-state index < -0.39 is 0 Å². The Morgan fingerprint density at radius 1 is 1.05 bits per heavy atom. The molecule has 0 radical (unpaired) electrons. The fourth-order valence-electron chi connectivity index (χ4n) is 3.03. The number of hydrogen-bond acceptors (Lipinski definition) is 2. The normalized spacial score (nSPS) is 17.3. The Bertz CT molecular complexity index is 579. The Morgan fingerprint density at radius 3 is 2.48 bits per heavy atom. The summed E-state index contributed by atoms with van der Waals surface area (Å²) in [5.74, 6) is -0.176. The van der Waals surface area contributed by atoms with Gasteiger partial charge in [0.1, 0.15) is 5.82 Å². The Balaban J connectivity index is 1.69. The van der Waals surface area contributed by atoms with Crippen LogP contribution in [0.1, 0.15) is 59.7 Å². The van der Waals surface area contributed by atoms with Gasteiger partial charge in [0.15, 0.2) is 0 Å². The number of halogens is 1. The van der Waals surface area contributed by atoms with Gasteiger partial charge < -0.3 is 5.32 Å². The van der Waals surface area contributed by atoms with Crippen LogP contribution in [0.2, 0.25) is 0 Å². The third-order valence-corrected chi connectivity index (χ3v) is 5.73. The molecule has 3 rings (SSSR count). The number of aryl methyl sites for hydroxylation is 2. The molecule has 0 amide bonds. The molecule has 2 aromatic rings. The van der Waals surface area contributed by atoms with Crippen molar-refractivity contribution < 1.29 is 4.39 Å². The molecule has 1 N–H and O–H groups in total. The Labute approximate surface area is 130 Å². The first-order valence-electron chi connectivity index (χ1n) is 7.76. The summed E-state index contributed by atoms with van der Waals surface area (Å²) in [5, 5.41) is 3.63. The highest BCUT2D eigenvalue weighted by Crippen LogP contribution is 2.33. The zero-order valence-corrected chi connectivity index (χ0v) is 13.5. The molecular weight excluding hydrogens is 281 g/mol. The topological polar surface area (TPSA) is 12.0 Å². The highest BCUT2D eigenvalue weighted by molar-refractivity contribution is 7.12. The van der Waals surface area contributed by atoms with Crippen molar-refractivity contribution in [2.75, 3.05) is 0 Å². The van der Waals surface area contributed by atoms with Gasteiger partial charge in [-0.25, -0.2) is 4.39 Å². The maximum Gasteiger partial charge on any atom is 0.123 e. The molecule has 1 aliphatic carbocycles. The SMILES string of the molecule is CC(N[C@@H](C)c1ccc(F)cc1)c1cc2c(s1)CCCC2. The number of nitrogens with one attached hydrogen (secondary N) is 1. The molecule has 0 saturated carbocycles. The van der Waals surface area contributed by atoms with Crippen LogP contribution in [0.25, 0.3) is 0 Å². The molecular formula is C18H22FNS. The smallest absolute Gasteiger partial charge is 0.123 e. The van der Waals surface area contributed by atoms with Crippen molar-refractivity contribution in [2.45, 2.75) is 51.6 Å². The van der Waals surface area contributed by atoms with E-state index in [-0.39, 0.29) is 11.9 Å². The van der Waals surface area contributed by atoms with Gasteiger partial charge >= 0.3 is 0 Å². The quantitative estimate of drug-likeness (QED) is 0.821. The minimum atomic E-state index is -0.176. The highest BCUT2D eigenvalue weighted by atomic mass is 32.1. The molecule has 2 atom stereocenters. The fourth-order valence-corrected chi connectivity index (χ4v) is 4.30. The fraction of sp³-hybridized carbons (Fsp3) is 0.444. The van der Waals surface area contributed by atoms with E-state index in [0.29, 0.717) is 6.04 Å². The van der Waals surface area contributed by atoms with Gasteiger partial charge in [-0.2, -0.15) is 0 Å². The van der Waals surface area contributed by atoms with Crippen molar-refractivity contribution >= 4 is 11.3 Å². The van der Waals surface area contributed by atoms with Gasteiger partial charge in [0.2, 0.25) is 0 Å². The van der Waals surface area contributed by atoms with Crippen LogP contribution < -0.4 is 5.32 Å². The number of hydrogen-bond donors (Lipinski definition) is 1. The summed E-state index contributed by atoms with van der Waals surface area (Å²) in [5.41, 5.74) is 2.69. The third kappa shape index (κ3) is 3.35. The lowest BCUT2D eigenvalue weighted by molar-refractivity contribution is 0.499. The molecule has 0 saturated heterocycles. The number of rotatable bonds is 4. The summed E-state index contributed by atoms with van der Waals surface area (Å²) in [6, 6.07) is 9.72. The second-order valence-corrected chi connectivity index (χ2v) is 7.13. The summed E-state index contributed by atoms with van der Waals surface area (Å²) < 4.78 is 13.0. The van der Waals surface area contributed by atoms with Gasteiger partial charge in [0, 0.05) is 21.8 Å². The molecule has 0 aliphatic heterocycles. The number of benzene rings is 1. The van der Waals surface area contributed by atoms with Crippen LogP contribution in [0.3, 0.4) is 0 Å². The molecule has 1 aromatic heterocycles.